The fourth-order valence-electron chi connectivity index (χ4n) is 4.44. The van der Waals surface area contributed by atoms with Crippen LogP contribution in [0.1, 0.15) is 11.1 Å². The highest BCUT2D eigenvalue weighted by Crippen LogP contribution is 2.45. The minimum absolute atomic E-state index is 0.783. The summed E-state index contributed by atoms with van der Waals surface area (Å²) >= 11 is 0. The molecule has 0 amide bonds. The van der Waals surface area contributed by atoms with Gasteiger partial charge in [-0.15, -0.1) is 0 Å². The van der Waals surface area contributed by atoms with Crippen LogP contribution in [-0.4, -0.2) is 13.3 Å². The van der Waals surface area contributed by atoms with Crippen LogP contribution in [0.15, 0.2) is 97.1 Å². The minimum Gasteiger partial charge on any atom is -0.496 e. The lowest BCUT2D eigenvalue weighted by molar-refractivity contribution is 0.417. The Morgan fingerprint density at radius 3 is 2.00 bits per heavy atom. The fraction of sp³-hybridized carbons (Fsp3) is 0.133. The smallest absolute Gasteiger partial charge is 0.127 e. The van der Waals surface area contributed by atoms with Crippen molar-refractivity contribution in [2.24, 2.45) is 0 Å². The summed E-state index contributed by atoms with van der Waals surface area (Å²) in [4.78, 5) is 0. The summed E-state index contributed by atoms with van der Waals surface area (Å²) in [6.45, 7) is 2.15. The number of hydrogen-bond acceptors (Lipinski definition) is 1. The molecule has 0 N–H and O–H groups in total. The van der Waals surface area contributed by atoms with Gasteiger partial charge in [0.15, 0.2) is 0 Å². The Kier molecular flexibility index (Phi) is 6.73. The largest absolute Gasteiger partial charge is 0.496 e. The Labute approximate surface area is 199 Å². The van der Waals surface area contributed by atoms with Crippen molar-refractivity contribution in [1.29, 1.82) is 0 Å². The Balaban J connectivity index is 1.55. The van der Waals surface area contributed by atoms with Crippen LogP contribution in [-0.2, 0) is 6.42 Å². The summed E-state index contributed by atoms with van der Waals surface area (Å²) in [6, 6.07) is 35.3. The lowest BCUT2D eigenvalue weighted by Gasteiger charge is -2.18. The maximum Gasteiger partial charge on any atom is 0.127 e. The molecule has 0 heterocycles. The van der Waals surface area contributed by atoms with E-state index in [0.717, 1.165) is 28.7 Å². The molecular formula is C30H28OP2. The molecule has 5 aromatic rings. The van der Waals surface area contributed by atoms with Crippen molar-refractivity contribution in [2.75, 3.05) is 13.3 Å². The number of benzene rings is 5. The first kappa shape index (κ1) is 22.1. The van der Waals surface area contributed by atoms with Gasteiger partial charge in [0.2, 0.25) is 0 Å². The summed E-state index contributed by atoms with van der Waals surface area (Å²) in [5, 5.41) is 6.52. The average molecular weight is 467 g/mol. The van der Waals surface area contributed by atoms with E-state index in [1.54, 1.807) is 7.11 Å². The molecule has 3 heteroatoms. The molecule has 0 saturated heterocycles. The Morgan fingerprint density at radius 2 is 1.30 bits per heavy atom. The zero-order chi connectivity index (χ0) is 22.6. The van der Waals surface area contributed by atoms with Gasteiger partial charge < -0.3 is 4.74 Å². The van der Waals surface area contributed by atoms with E-state index < -0.39 is 0 Å². The topological polar surface area (TPSA) is 9.23 Å². The fourth-order valence-corrected chi connectivity index (χ4v) is 7.67. The van der Waals surface area contributed by atoms with Gasteiger partial charge in [-0.2, -0.15) is 0 Å². The lowest BCUT2D eigenvalue weighted by Crippen LogP contribution is -2.02. The molecule has 2 unspecified atom stereocenters. The van der Waals surface area contributed by atoms with Gasteiger partial charge in [-0.3, -0.25) is 0 Å². The maximum atomic E-state index is 5.91. The van der Waals surface area contributed by atoms with Crippen molar-refractivity contribution in [1.82, 2.24) is 0 Å². The SMILES string of the molecule is COc1ccc2ccccc2c1-c1c(PPCCc2ccc(C)cc2)ccc2ccccc12. The first-order chi connectivity index (χ1) is 16.2. The standard InChI is InChI=1S/C30H28OP2/c1-21-11-13-22(14-12-21)19-20-32-33-28-18-16-24-8-4-6-10-26(24)30(28)29-25-9-5-3-7-23(25)15-17-27(29)31-2/h3-18,32-33H,19-20H2,1-2H3. The minimum atomic E-state index is 0.783. The average Bonchev–Trinajstić information content (AvgIpc) is 2.87. The normalized spacial score (nSPS) is 11.9. The molecule has 0 aromatic heterocycles. The highest BCUT2D eigenvalue weighted by molar-refractivity contribution is 8.15. The molecule has 0 radical (unpaired) electrons. The molecule has 0 bridgehead atoms. The summed E-state index contributed by atoms with van der Waals surface area (Å²) in [6.07, 6.45) is 2.37. The van der Waals surface area contributed by atoms with Crippen molar-refractivity contribution < 1.29 is 4.74 Å². The van der Waals surface area contributed by atoms with Crippen LogP contribution >= 0.6 is 16.5 Å². The molecule has 33 heavy (non-hydrogen) atoms. The van der Waals surface area contributed by atoms with Crippen LogP contribution in [0.4, 0.5) is 0 Å². The summed E-state index contributed by atoms with van der Waals surface area (Å²) < 4.78 is 5.91. The number of aryl methyl sites for hydroxylation is 2. The monoisotopic (exact) mass is 466 g/mol. The Hall–Kier alpha value is -2.72. The van der Waals surface area contributed by atoms with Gasteiger partial charge in [-0.1, -0.05) is 113 Å². The Bertz CT molecular complexity index is 1410. The number of rotatable bonds is 7. The molecular weight excluding hydrogens is 438 g/mol. The first-order valence-electron chi connectivity index (χ1n) is 11.4. The van der Waals surface area contributed by atoms with Crippen molar-refractivity contribution in [2.45, 2.75) is 13.3 Å². The zero-order valence-electron chi connectivity index (χ0n) is 19.1. The van der Waals surface area contributed by atoms with Crippen LogP contribution in [0, 0.1) is 6.92 Å². The quantitative estimate of drug-likeness (QED) is 0.174. The number of methoxy groups -OCH3 is 1. The van der Waals surface area contributed by atoms with E-state index in [0.29, 0.717) is 0 Å². The van der Waals surface area contributed by atoms with E-state index in [2.05, 4.69) is 104 Å². The third-order valence-electron chi connectivity index (χ3n) is 6.17. The third kappa shape index (κ3) is 4.67. The second-order valence-corrected chi connectivity index (χ2v) is 11.8. The van der Waals surface area contributed by atoms with Gasteiger partial charge in [0.1, 0.15) is 5.75 Å². The molecule has 2 atom stereocenters. The maximum absolute atomic E-state index is 5.91. The van der Waals surface area contributed by atoms with Crippen molar-refractivity contribution in [3.05, 3.63) is 108 Å². The van der Waals surface area contributed by atoms with Crippen LogP contribution in [0.3, 0.4) is 0 Å². The highest BCUT2D eigenvalue weighted by atomic mass is 32.0. The van der Waals surface area contributed by atoms with Gasteiger partial charge in [-0.05, 0) is 58.0 Å². The van der Waals surface area contributed by atoms with E-state index >= 15 is 0 Å². The van der Waals surface area contributed by atoms with Gasteiger partial charge in [-0.25, -0.2) is 0 Å². The molecule has 0 saturated carbocycles. The van der Waals surface area contributed by atoms with E-state index in [-0.39, 0.29) is 0 Å². The molecule has 5 rings (SSSR count). The predicted molar refractivity (Wildman–Crippen MR) is 149 cm³/mol. The van der Waals surface area contributed by atoms with E-state index in [9.17, 15) is 0 Å². The molecule has 0 aliphatic rings. The van der Waals surface area contributed by atoms with Crippen LogP contribution in [0.5, 0.6) is 5.75 Å². The zero-order valence-corrected chi connectivity index (χ0v) is 21.1. The third-order valence-corrected chi connectivity index (χ3v) is 9.62. The second kappa shape index (κ2) is 10.0. The number of ether oxygens (including phenoxy) is 1. The van der Waals surface area contributed by atoms with Crippen LogP contribution in [0.2, 0.25) is 0 Å². The summed E-state index contributed by atoms with van der Waals surface area (Å²) in [7, 11) is 3.47. The van der Waals surface area contributed by atoms with Crippen LogP contribution in [0.25, 0.3) is 32.7 Å². The van der Waals surface area contributed by atoms with Gasteiger partial charge in [0.05, 0.1) is 7.11 Å². The summed E-state index contributed by atoms with van der Waals surface area (Å²) in [5.41, 5.74) is 5.32. The van der Waals surface area contributed by atoms with Crippen LogP contribution < -0.4 is 10.0 Å². The van der Waals surface area contributed by atoms with Crippen molar-refractivity contribution >= 4 is 43.4 Å². The molecule has 0 aliphatic carbocycles. The van der Waals surface area contributed by atoms with Gasteiger partial charge in [0, 0.05) is 11.1 Å². The predicted octanol–water partition coefficient (Wildman–Crippen LogP) is 8.12. The second-order valence-electron chi connectivity index (χ2n) is 8.36. The molecule has 0 fully saturated rings. The van der Waals surface area contributed by atoms with Gasteiger partial charge in [0.25, 0.3) is 0 Å². The molecule has 0 spiro atoms. The van der Waals surface area contributed by atoms with Crippen molar-refractivity contribution in [3.63, 3.8) is 0 Å². The van der Waals surface area contributed by atoms with Gasteiger partial charge >= 0.3 is 0 Å². The Morgan fingerprint density at radius 1 is 0.667 bits per heavy atom. The van der Waals surface area contributed by atoms with E-state index in [1.807, 2.05) is 0 Å². The highest BCUT2D eigenvalue weighted by Gasteiger charge is 2.17. The molecule has 0 aliphatic heterocycles. The van der Waals surface area contributed by atoms with E-state index in [1.165, 1.54) is 55.3 Å². The molecule has 5 aromatic carbocycles. The van der Waals surface area contributed by atoms with Crippen molar-refractivity contribution in [3.8, 4) is 16.9 Å². The molecule has 1 nitrogen and oxygen atoms in total. The van der Waals surface area contributed by atoms with E-state index in [4.69, 9.17) is 4.74 Å². The number of hydrogen-bond donors (Lipinski definition) is 0. The lowest BCUT2D eigenvalue weighted by atomic mass is 9.93. The number of fused-ring (bicyclic) bond motifs is 2. The molecule has 164 valence electrons. The first-order valence-corrected chi connectivity index (χ1v) is 14.6. The summed E-state index contributed by atoms with van der Waals surface area (Å²) in [5.74, 6) is 0.944.